The molecular weight excluding hydrogens is 413 g/mol. The molecule has 0 aliphatic heterocycles. The Morgan fingerprint density at radius 2 is 1.87 bits per heavy atom. The predicted molar refractivity (Wildman–Crippen MR) is 111 cm³/mol. The number of carbonyl (C=O) groups is 1. The van der Waals surface area contributed by atoms with Crippen LogP contribution in [0.15, 0.2) is 41.1 Å². The van der Waals surface area contributed by atoms with Gasteiger partial charge in [0.05, 0.1) is 5.41 Å². The Morgan fingerprint density at radius 1 is 1.23 bits per heavy atom. The SMILES string of the molecule is CN(C)[C@H](Cc1ccc(O)cc1)CC(C(N)=O)C(c1ccsc1)C1(C(F)(F)F)CC1. The van der Waals surface area contributed by atoms with Crippen LogP contribution in [-0.4, -0.2) is 42.2 Å². The number of primary amides is 1. The summed E-state index contributed by atoms with van der Waals surface area (Å²) in [6, 6.07) is 8.20. The standard InChI is InChI=1S/C22H27F3N2O2S/c1-27(2)16(11-14-3-5-17(28)6-4-14)12-18(20(26)29)19(15-7-10-30-13-15)21(8-9-21)22(23,24)25/h3-7,10,13,16,18-19,28H,8-9,11-12H2,1-2H3,(H2,26,29)/t16-,18?,19?/m1/s1. The Hall–Kier alpha value is -2.06. The van der Waals surface area contributed by atoms with Gasteiger partial charge in [-0.25, -0.2) is 0 Å². The second-order valence-electron chi connectivity index (χ2n) is 8.42. The van der Waals surface area contributed by atoms with E-state index in [4.69, 9.17) is 5.73 Å². The van der Waals surface area contributed by atoms with Crippen molar-refractivity contribution in [2.75, 3.05) is 14.1 Å². The highest BCUT2D eigenvalue weighted by atomic mass is 32.1. The first kappa shape index (κ1) is 22.6. The number of alkyl halides is 3. The summed E-state index contributed by atoms with van der Waals surface area (Å²) in [5.74, 6) is -2.47. The van der Waals surface area contributed by atoms with Crippen LogP contribution in [-0.2, 0) is 11.2 Å². The fourth-order valence-corrected chi connectivity index (χ4v) is 5.08. The van der Waals surface area contributed by atoms with E-state index in [0.29, 0.717) is 12.0 Å². The molecule has 0 saturated heterocycles. The minimum atomic E-state index is -4.39. The van der Waals surface area contributed by atoms with Gasteiger partial charge in [-0.05, 0) is 79.9 Å². The molecule has 1 aromatic carbocycles. The number of carbonyl (C=O) groups excluding carboxylic acids is 1. The fraction of sp³-hybridized carbons (Fsp3) is 0.500. The summed E-state index contributed by atoms with van der Waals surface area (Å²) in [6.45, 7) is 0. The van der Waals surface area contributed by atoms with E-state index in [1.165, 1.54) is 11.3 Å². The highest BCUT2D eigenvalue weighted by Gasteiger charge is 2.69. The summed E-state index contributed by atoms with van der Waals surface area (Å²) in [4.78, 5) is 14.4. The van der Waals surface area contributed by atoms with Gasteiger partial charge in [0.25, 0.3) is 0 Å². The lowest BCUT2D eigenvalue weighted by atomic mass is 9.71. The number of aromatic hydroxyl groups is 1. The average Bonchev–Trinajstić information content (AvgIpc) is 3.30. The lowest BCUT2D eigenvalue weighted by Crippen LogP contribution is -2.43. The van der Waals surface area contributed by atoms with E-state index in [1.54, 1.807) is 41.1 Å². The van der Waals surface area contributed by atoms with Crippen LogP contribution < -0.4 is 5.73 Å². The molecule has 8 heteroatoms. The highest BCUT2D eigenvalue weighted by Crippen LogP contribution is 2.67. The quantitative estimate of drug-likeness (QED) is 0.601. The molecule has 2 aromatic rings. The maximum atomic E-state index is 14.1. The van der Waals surface area contributed by atoms with Gasteiger partial charge in [-0.1, -0.05) is 12.1 Å². The van der Waals surface area contributed by atoms with E-state index >= 15 is 0 Å². The lowest BCUT2D eigenvalue weighted by molar-refractivity contribution is -0.198. The van der Waals surface area contributed by atoms with Crippen molar-refractivity contribution in [3.8, 4) is 5.75 Å². The van der Waals surface area contributed by atoms with Crippen LogP contribution in [0, 0.1) is 11.3 Å². The van der Waals surface area contributed by atoms with Crippen molar-refractivity contribution in [2.45, 2.75) is 43.8 Å². The zero-order valence-corrected chi connectivity index (χ0v) is 17.8. The van der Waals surface area contributed by atoms with Crippen LogP contribution >= 0.6 is 11.3 Å². The lowest BCUT2D eigenvalue weighted by Gasteiger charge is -2.36. The van der Waals surface area contributed by atoms with E-state index in [0.717, 1.165) is 5.56 Å². The number of amides is 1. The molecule has 1 amide bonds. The zero-order chi connectivity index (χ0) is 22.1. The number of phenols is 1. The molecule has 1 saturated carbocycles. The molecule has 0 spiro atoms. The molecule has 1 heterocycles. The van der Waals surface area contributed by atoms with E-state index in [2.05, 4.69) is 0 Å². The largest absolute Gasteiger partial charge is 0.508 e. The number of nitrogens with zero attached hydrogens (tertiary/aromatic N) is 1. The van der Waals surface area contributed by atoms with Gasteiger partial charge in [-0.2, -0.15) is 24.5 Å². The third-order valence-electron chi connectivity index (χ3n) is 6.28. The van der Waals surface area contributed by atoms with Crippen LogP contribution in [0.1, 0.15) is 36.3 Å². The van der Waals surface area contributed by atoms with Gasteiger partial charge in [-0.15, -0.1) is 0 Å². The number of halogens is 3. The molecule has 1 fully saturated rings. The average molecular weight is 441 g/mol. The van der Waals surface area contributed by atoms with Crippen LogP contribution in [0.4, 0.5) is 13.2 Å². The number of rotatable bonds is 9. The van der Waals surface area contributed by atoms with Crippen molar-refractivity contribution in [2.24, 2.45) is 17.1 Å². The first-order valence-electron chi connectivity index (χ1n) is 9.87. The third kappa shape index (κ3) is 4.64. The van der Waals surface area contributed by atoms with Crippen molar-refractivity contribution in [1.29, 1.82) is 0 Å². The Bertz CT molecular complexity index is 846. The number of thiophene rings is 1. The number of likely N-dealkylation sites (N-methyl/N-ethyl adjacent to an activating group) is 1. The summed E-state index contributed by atoms with van der Waals surface area (Å²) in [5, 5.41) is 12.9. The van der Waals surface area contributed by atoms with E-state index in [1.807, 2.05) is 19.0 Å². The maximum Gasteiger partial charge on any atom is 0.395 e. The van der Waals surface area contributed by atoms with Crippen LogP contribution in [0.25, 0.3) is 0 Å². The first-order valence-corrected chi connectivity index (χ1v) is 10.8. The van der Waals surface area contributed by atoms with Crippen molar-refractivity contribution in [3.63, 3.8) is 0 Å². The van der Waals surface area contributed by atoms with Crippen molar-refractivity contribution < 1.29 is 23.1 Å². The van der Waals surface area contributed by atoms with Gasteiger partial charge < -0.3 is 15.7 Å². The fourth-order valence-electron chi connectivity index (χ4n) is 4.38. The Kier molecular flexibility index (Phi) is 6.48. The zero-order valence-electron chi connectivity index (χ0n) is 17.0. The van der Waals surface area contributed by atoms with Gasteiger partial charge in [0, 0.05) is 17.9 Å². The van der Waals surface area contributed by atoms with E-state index in [9.17, 15) is 23.1 Å². The Morgan fingerprint density at radius 3 is 2.30 bits per heavy atom. The topological polar surface area (TPSA) is 66.6 Å². The normalized spacial score (nSPS) is 18.7. The second-order valence-corrected chi connectivity index (χ2v) is 9.20. The van der Waals surface area contributed by atoms with Gasteiger partial charge in [0.1, 0.15) is 5.75 Å². The first-order chi connectivity index (χ1) is 14.0. The van der Waals surface area contributed by atoms with E-state index in [-0.39, 0.29) is 31.1 Å². The minimum Gasteiger partial charge on any atom is -0.508 e. The van der Waals surface area contributed by atoms with Crippen LogP contribution in [0.2, 0.25) is 0 Å². The molecule has 3 rings (SSSR count). The molecule has 0 radical (unpaired) electrons. The van der Waals surface area contributed by atoms with Gasteiger partial charge in [-0.3, -0.25) is 4.79 Å². The summed E-state index contributed by atoms with van der Waals surface area (Å²) in [7, 11) is 3.69. The monoisotopic (exact) mass is 440 g/mol. The number of benzene rings is 1. The smallest absolute Gasteiger partial charge is 0.395 e. The Balaban J connectivity index is 1.93. The summed E-state index contributed by atoms with van der Waals surface area (Å²) in [5.41, 5.74) is 5.30. The molecule has 1 aromatic heterocycles. The van der Waals surface area contributed by atoms with Gasteiger partial charge >= 0.3 is 6.18 Å². The molecule has 3 N–H and O–H groups in total. The number of hydrogen-bond acceptors (Lipinski definition) is 4. The second kappa shape index (κ2) is 8.59. The summed E-state index contributed by atoms with van der Waals surface area (Å²) < 4.78 is 42.2. The predicted octanol–water partition coefficient (Wildman–Crippen LogP) is 4.54. The van der Waals surface area contributed by atoms with Crippen molar-refractivity contribution in [3.05, 3.63) is 52.2 Å². The summed E-state index contributed by atoms with van der Waals surface area (Å²) >= 11 is 1.33. The molecular formula is C22H27F3N2O2S. The molecule has 164 valence electrons. The maximum absolute atomic E-state index is 14.1. The van der Waals surface area contributed by atoms with Gasteiger partial charge in [0.2, 0.25) is 5.91 Å². The Labute approximate surface area is 178 Å². The number of nitrogens with two attached hydrogens (primary N) is 1. The number of hydrogen-bond donors (Lipinski definition) is 2. The van der Waals surface area contributed by atoms with Crippen LogP contribution in [0.3, 0.4) is 0 Å². The summed E-state index contributed by atoms with van der Waals surface area (Å²) in [6.07, 6.45) is -3.59. The molecule has 1 aliphatic carbocycles. The van der Waals surface area contributed by atoms with Crippen molar-refractivity contribution >= 4 is 17.2 Å². The van der Waals surface area contributed by atoms with E-state index < -0.39 is 29.3 Å². The minimum absolute atomic E-state index is 0.0192. The molecule has 30 heavy (non-hydrogen) atoms. The third-order valence-corrected chi connectivity index (χ3v) is 6.98. The highest BCUT2D eigenvalue weighted by molar-refractivity contribution is 7.08. The van der Waals surface area contributed by atoms with Crippen molar-refractivity contribution in [1.82, 2.24) is 4.90 Å². The molecule has 2 unspecified atom stereocenters. The van der Waals surface area contributed by atoms with Crippen LogP contribution in [0.5, 0.6) is 5.75 Å². The molecule has 1 aliphatic rings. The number of phenolic OH excluding ortho intramolecular Hbond substituents is 1. The molecule has 4 nitrogen and oxygen atoms in total. The molecule has 0 bridgehead atoms. The molecule has 3 atom stereocenters. The van der Waals surface area contributed by atoms with Gasteiger partial charge in [0.15, 0.2) is 0 Å².